The Kier molecular flexibility index (Phi) is 3.73. The largest absolute Gasteiger partial charge is 0.481 e. The number of aromatic nitrogens is 4. The number of aromatic amines is 1. The fourth-order valence-corrected chi connectivity index (χ4v) is 2.20. The Balaban J connectivity index is 2.38. The van der Waals surface area contributed by atoms with Crippen molar-refractivity contribution in [1.82, 2.24) is 14.1 Å². The van der Waals surface area contributed by atoms with Crippen LogP contribution >= 0.6 is 0 Å². The van der Waals surface area contributed by atoms with Gasteiger partial charge in [-0.05, 0) is 12.8 Å². The molecule has 2 N–H and O–H groups in total. The van der Waals surface area contributed by atoms with Gasteiger partial charge in [0.2, 0.25) is 6.33 Å². The molecule has 0 spiro atoms. The first-order valence-electron chi connectivity index (χ1n) is 6.32. The summed E-state index contributed by atoms with van der Waals surface area (Å²) < 4.78 is 4.16. The molecule has 0 fully saturated rings. The monoisotopic (exact) mass is 281 g/mol. The van der Waals surface area contributed by atoms with Gasteiger partial charge in [0.1, 0.15) is 0 Å². The highest BCUT2D eigenvalue weighted by molar-refractivity contribution is 5.66. The number of H-pyrrole nitrogens is 1. The number of carbonyl (C=O) groups is 1. The zero-order valence-electron chi connectivity index (χ0n) is 11.4. The molecule has 2 heterocycles. The molecule has 0 unspecified atom stereocenters. The molecule has 108 valence electrons. The summed E-state index contributed by atoms with van der Waals surface area (Å²) in [6, 6.07) is 0. The lowest BCUT2D eigenvalue weighted by Crippen LogP contribution is -2.43. The molecular formula is C12H17N4O4+. The molecule has 8 heteroatoms. The van der Waals surface area contributed by atoms with Gasteiger partial charge in [0.25, 0.3) is 11.2 Å². The summed E-state index contributed by atoms with van der Waals surface area (Å²) in [7, 11) is 3.31. The summed E-state index contributed by atoms with van der Waals surface area (Å²) in [5.74, 6) is -0.877. The third kappa shape index (κ3) is 2.36. The van der Waals surface area contributed by atoms with Crippen LogP contribution in [0.1, 0.15) is 19.3 Å². The van der Waals surface area contributed by atoms with E-state index >= 15 is 0 Å². The summed E-state index contributed by atoms with van der Waals surface area (Å²) in [4.78, 5) is 37.7. The van der Waals surface area contributed by atoms with Crippen LogP contribution in [0.4, 0.5) is 0 Å². The highest BCUT2D eigenvalue weighted by atomic mass is 16.4. The normalized spacial score (nSPS) is 11.1. The molecule has 0 atom stereocenters. The van der Waals surface area contributed by atoms with Crippen LogP contribution in [0.15, 0.2) is 15.9 Å². The first-order valence-corrected chi connectivity index (χ1v) is 6.32. The van der Waals surface area contributed by atoms with Crippen LogP contribution in [-0.4, -0.2) is 25.2 Å². The zero-order valence-corrected chi connectivity index (χ0v) is 11.4. The Morgan fingerprint density at radius 3 is 2.75 bits per heavy atom. The van der Waals surface area contributed by atoms with E-state index in [2.05, 4.69) is 4.98 Å². The van der Waals surface area contributed by atoms with E-state index in [0.717, 1.165) is 4.57 Å². The standard InChI is InChI=1S/C12H16N4O4/c1-14-7-13-10-9(14)11(19)16(12(20)15(10)2)6-4-3-5-8(17)18/h7H,3-6H2,1-2H3,(H,17,18)/p+1. The maximum Gasteiger partial charge on any atom is 0.334 e. The molecule has 8 nitrogen and oxygen atoms in total. The van der Waals surface area contributed by atoms with Crippen molar-refractivity contribution in [3.05, 3.63) is 27.2 Å². The van der Waals surface area contributed by atoms with Crippen molar-refractivity contribution in [2.24, 2.45) is 14.1 Å². The summed E-state index contributed by atoms with van der Waals surface area (Å²) in [5, 5.41) is 8.57. The van der Waals surface area contributed by atoms with E-state index in [-0.39, 0.29) is 18.5 Å². The first-order chi connectivity index (χ1) is 9.43. The van der Waals surface area contributed by atoms with Gasteiger partial charge in [-0.15, -0.1) is 0 Å². The second kappa shape index (κ2) is 5.32. The maximum absolute atomic E-state index is 12.3. The van der Waals surface area contributed by atoms with Crippen LogP contribution in [0.5, 0.6) is 0 Å². The Hall–Kier alpha value is -2.38. The van der Waals surface area contributed by atoms with E-state index < -0.39 is 11.7 Å². The lowest BCUT2D eigenvalue weighted by molar-refractivity contribution is -0.645. The lowest BCUT2D eigenvalue weighted by Gasteiger charge is -2.06. The van der Waals surface area contributed by atoms with Crippen LogP contribution in [0.3, 0.4) is 0 Å². The average Bonchev–Trinajstić information content (AvgIpc) is 2.77. The van der Waals surface area contributed by atoms with Crippen molar-refractivity contribution in [2.75, 3.05) is 0 Å². The predicted octanol–water partition coefficient (Wildman–Crippen LogP) is -0.892. The number of imidazole rings is 1. The Morgan fingerprint density at radius 2 is 2.10 bits per heavy atom. The molecule has 0 amide bonds. The summed E-state index contributed by atoms with van der Waals surface area (Å²) in [6.07, 6.45) is 2.55. The molecule has 0 radical (unpaired) electrons. The SMILES string of the molecule is Cn1c(=O)n(CCCCC(=O)O)c(=O)c2c1[nH]c[n+]2C. The quantitative estimate of drug-likeness (QED) is 0.548. The molecule has 0 aliphatic heterocycles. The molecule has 2 aromatic heterocycles. The van der Waals surface area contributed by atoms with E-state index in [1.54, 1.807) is 25.0 Å². The van der Waals surface area contributed by atoms with Gasteiger partial charge >= 0.3 is 17.2 Å². The minimum atomic E-state index is -0.877. The van der Waals surface area contributed by atoms with Crippen LogP contribution in [-0.2, 0) is 25.4 Å². The van der Waals surface area contributed by atoms with Crippen molar-refractivity contribution in [1.29, 1.82) is 0 Å². The minimum Gasteiger partial charge on any atom is -0.481 e. The summed E-state index contributed by atoms with van der Waals surface area (Å²) in [6.45, 7) is 0.222. The number of nitrogens with zero attached hydrogens (tertiary/aromatic N) is 3. The molecular weight excluding hydrogens is 264 g/mol. The molecule has 0 aliphatic carbocycles. The van der Waals surface area contributed by atoms with Crippen molar-refractivity contribution < 1.29 is 14.5 Å². The van der Waals surface area contributed by atoms with E-state index in [1.807, 2.05) is 0 Å². The summed E-state index contributed by atoms with van der Waals surface area (Å²) in [5.41, 5.74) is 0.136. The zero-order chi connectivity index (χ0) is 14.9. The predicted molar refractivity (Wildman–Crippen MR) is 70.5 cm³/mol. The number of rotatable bonds is 5. The molecule has 20 heavy (non-hydrogen) atoms. The van der Waals surface area contributed by atoms with E-state index in [0.29, 0.717) is 24.0 Å². The lowest BCUT2D eigenvalue weighted by atomic mass is 10.2. The maximum atomic E-state index is 12.3. The van der Waals surface area contributed by atoms with Crippen LogP contribution in [0.2, 0.25) is 0 Å². The van der Waals surface area contributed by atoms with Gasteiger partial charge in [-0.25, -0.2) is 14.3 Å². The number of hydrogen-bond acceptors (Lipinski definition) is 3. The number of hydrogen-bond donors (Lipinski definition) is 2. The fraction of sp³-hybridized carbons (Fsp3) is 0.500. The van der Waals surface area contributed by atoms with E-state index in [4.69, 9.17) is 5.11 Å². The van der Waals surface area contributed by atoms with Gasteiger partial charge in [0.15, 0.2) is 0 Å². The third-order valence-electron chi connectivity index (χ3n) is 3.30. The third-order valence-corrected chi connectivity index (χ3v) is 3.30. The van der Waals surface area contributed by atoms with Gasteiger partial charge in [0.05, 0.1) is 7.05 Å². The first kappa shape index (κ1) is 14.0. The number of aryl methyl sites for hydroxylation is 2. The van der Waals surface area contributed by atoms with Gasteiger partial charge in [-0.1, -0.05) is 0 Å². The Bertz CT molecular complexity index is 768. The Labute approximate surface area is 113 Å². The topological polar surface area (TPSA) is 101 Å². The average molecular weight is 281 g/mol. The number of aliphatic carboxylic acids is 1. The molecule has 0 bridgehead atoms. The number of carboxylic acids is 1. The van der Waals surface area contributed by atoms with Gasteiger partial charge < -0.3 is 5.11 Å². The molecule has 2 rings (SSSR count). The van der Waals surface area contributed by atoms with Crippen molar-refractivity contribution in [2.45, 2.75) is 25.8 Å². The van der Waals surface area contributed by atoms with Crippen molar-refractivity contribution in [3.8, 4) is 0 Å². The minimum absolute atomic E-state index is 0.0369. The van der Waals surface area contributed by atoms with Crippen molar-refractivity contribution in [3.63, 3.8) is 0 Å². The number of fused-ring (bicyclic) bond motifs is 1. The van der Waals surface area contributed by atoms with Gasteiger partial charge in [-0.3, -0.25) is 18.7 Å². The number of nitrogens with one attached hydrogen (secondary N) is 1. The van der Waals surface area contributed by atoms with E-state index in [1.165, 1.54) is 4.57 Å². The molecule has 2 aromatic rings. The molecule has 0 saturated heterocycles. The highest BCUT2D eigenvalue weighted by Gasteiger charge is 2.19. The van der Waals surface area contributed by atoms with Crippen LogP contribution in [0, 0.1) is 0 Å². The molecule has 0 aliphatic rings. The smallest absolute Gasteiger partial charge is 0.334 e. The Morgan fingerprint density at radius 1 is 1.40 bits per heavy atom. The van der Waals surface area contributed by atoms with Gasteiger partial charge in [-0.2, -0.15) is 0 Å². The fourth-order valence-electron chi connectivity index (χ4n) is 2.20. The highest BCUT2D eigenvalue weighted by Crippen LogP contribution is 2.00. The second-order valence-electron chi connectivity index (χ2n) is 4.73. The number of unbranched alkanes of at least 4 members (excludes halogenated alkanes) is 1. The molecule has 0 saturated carbocycles. The number of carboxylic acid groups (broad SMARTS) is 1. The second-order valence-corrected chi connectivity index (χ2v) is 4.73. The van der Waals surface area contributed by atoms with Crippen LogP contribution in [0.25, 0.3) is 11.2 Å². The van der Waals surface area contributed by atoms with Crippen molar-refractivity contribution >= 4 is 17.1 Å². The molecule has 0 aromatic carbocycles. The summed E-state index contributed by atoms with van der Waals surface area (Å²) >= 11 is 0. The van der Waals surface area contributed by atoms with Gasteiger partial charge in [0, 0.05) is 20.0 Å². The van der Waals surface area contributed by atoms with E-state index in [9.17, 15) is 14.4 Å². The van der Waals surface area contributed by atoms with Crippen LogP contribution < -0.4 is 15.8 Å².